The van der Waals surface area contributed by atoms with Crippen LogP contribution in [-0.2, 0) is 5.60 Å². The fourth-order valence-corrected chi connectivity index (χ4v) is 1.44. The summed E-state index contributed by atoms with van der Waals surface area (Å²) in [5.41, 5.74) is -0.274. The normalized spacial score (nSPS) is 12.3. The van der Waals surface area contributed by atoms with Crippen molar-refractivity contribution in [1.82, 2.24) is 14.6 Å². The van der Waals surface area contributed by atoms with E-state index in [4.69, 9.17) is 0 Å². The number of pyridine rings is 1. The summed E-state index contributed by atoms with van der Waals surface area (Å²) in [5.74, 6) is 0.426. The lowest BCUT2D eigenvalue weighted by atomic mass is 10.1. The first-order chi connectivity index (χ1) is 6.47. The van der Waals surface area contributed by atoms with Crippen molar-refractivity contribution in [2.45, 2.75) is 19.4 Å². The minimum absolute atomic E-state index is 0.426. The first-order valence-electron chi connectivity index (χ1n) is 4.21. The summed E-state index contributed by atoms with van der Waals surface area (Å²) in [7, 11) is 0. The zero-order valence-electron chi connectivity index (χ0n) is 7.90. The molecule has 0 saturated carbocycles. The van der Waals surface area contributed by atoms with E-state index in [1.54, 1.807) is 24.6 Å². The van der Waals surface area contributed by atoms with Crippen LogP contribution in [0.1, 0.15) is 19.7 Å². The van der Waals surface area contributed by atoms with E-state index in [-0.39, 0.29) is 0 Å². The number of halogens is 1. The van der Waals surface area contributed by atoms with Gasteiger partial charge >= 0.3 is 0 Å². The van der Waals surface area contributed by atoms with Crippen LogP contribution in [-0.4, -0.2) is 19.7 Å². The minimum Gasteiger partial charge on any atom is -0.382 e. The molecule has 2 aromatic heterocycles. The molecule has 74 valence electrons. The number of fused-ring (bicyclic) bond motifs is 1. The molecule has 0 saturated heterocycles. The summed E-state index contributed by atoms with van der Waals surface area (Å²) in [6.07, 6.45) is 1.80. The maximum atomic E-state index is 9.71. The molecule has 14 heavy (non-hydrogen) atoms. The Hall–Kier alpha value is -0.940. The summed E-state index contributed by atoms with van der Waals surface area (Å²) in [4.78, 5) is 4.21. The van der Waals surface area contributed by atoms with Crippen molar-refractivity contribution in [1.29, 1.82) is 0 Å². The van der Waals surface area contributed by atoms with Crippen LogP contribution in [0, 0.1) is 0 Å². The van der Waals surface area contributed by atoms with Crippen LogP contribution >= 0.6 is 15.9 Å². The first kappa shape index (κ1) is 9.61. The van der Waals surface area contributed by atoms with Gasteiger partial charge in [0.15, 0.2) is 11.5 Å². The predicted molar refractivity (Wildman–Crippen MR) is 55.9 cm³/mol. The predicted octanol–water partition coefficient (Wildman–Crippen LogP) is 1.72. The van der Waals surface area contributed by atoms with Crippen LogP contribution < -0.4 is 0 Å². The van der Waals surface area contributed by atoms with E-state index >= 15 is 0 Å². The lowest BCUT2D eigenvalue weighted by molar-refractivity contribution is 0.0690. The topological polar surface area (TPSA) is 50.4 Å². The summed E-state index contributed by atoms with van der Waals surface area (Å²) in [6.45, 7) is 3.33. The fraction of sp³-hybridized carbons (Fsp3) is 0.333. The van der Waals surface area contributed by atoms with Gasteiger partial charge < -0.3 is 5.11 Å². The molecule has 4 nitrogen and oxygen atoms in total. The number of aromatic nitrogens is 3. The van der Waals surface area contributed by atoms with Crippen LogP contribution in [0.5, 0.6) is 0 Å². The van der Waals surface area contributed by atoms with Crippen molar-refractivity contribution in [3.63, 3.8) is 0 Å². The average Bonchev–Trinajstić information content (AvgIpc) is 2.45. The van der Waals surface area contributed by atoms with Gasteiger partial charge in [-0.05, 0) is 41.9 Å². The molecule has 0 fully saturated rings. The molecule has 0 amide bonds. The summed E-state index contributed by atoms with van der Waals surface area (Å²) < 4.78 is 2.56. The van der Waals surface area contributed by atoms with E-state index in [2.05, 4.69) is 26.0 Å². The molecular weight excluding hydrogens is 246 g/mol. The Kier molecular flexibility index (Phi) is 2.08. The standard InChI is InChI=1S/C9H10BrN3O/c1-9(2,14)8-11-7-4-3-6(10)5-13(7)12-8/h3-5,14H,1-2H3. The Balaban J connectivity index is 2.63. The third-order valence-electron chi connectivity index (χ3n) is 1.84. The summed E-state index contributed by atoms with van der Waals surface area (Å²) >= 11 is 3.34. The Bertz CT molecular complexity index is 472. The average molecular weight is 256 g/mol. The van der Waals surface area contributed by atoms with Crippen LogP contribution in [0.2, 0.25) is 0 Å². The SMILES string of the molecule is CC(C)(O)c1nc2ccc(Br)cn2n1. The molecule has 0 bridgehead atoms. The van der Waals surface area contributed by atoms with Crippen molar-refractivity contribution in [2.75, 3.05) is 0 Å². The van der Waals surface area contributed by atoms with Crippen molar-refractivity contribution in [2.24, 2.45) is 0 Å². The summed E-state index contributed by atoms with van der Waals surface area (Å²) in [6, 6.07) is 3.73. The van der Waals surface area contributed by atoms with Gasteiger partial charge in [0.05, 0.1) is 0 Å². The third kappa shape index (κ3) is 1.65. The molecule has 0 aromatic carbocycles. The second-order valence-corrected chi connectivity index (χ2v) is 4.56. The molecule has 0 unspecified atom stereocenters. The van der Waals surface area contributed by atoms with E-state index in [9.17, 15) is 5.11 Å². The quantitative estimate of drug-likeness (QED) is 0.845. The second-order valence-electron chi connectivity index (χ2n) is 3.64. The maximum absolute atomic E-state index is 9.71. The van der Waals surface area contributed by atoms with Crippen LogP contribution in [0.15, 0.2) is 22.8 Å². The number of aliphatic hydroxyl groups is 1. The Morgan fingerprint density at radius 1 is 1.43 bits per heavy atom. The van der Waals surface area contributed by atoms with Gasteiger partial charge in [-0.15, -0.1) is 5.10 Å². The lowest BCUT2D eigenvalue weighted by Crippen LogP contribution is -2.17. The van der Waals surface area contributed by atoms with Gasteiger partial charge in [0.25, 0.3) is 0 Å². The van der Waals surface area contributed by atoms with E-state index in [0.29, 0.717) is 5.82 Å². The smallest absolute Gasteiger partial charge is 0.182 e. The monoisotopic (exact) mass is 255 g/mol. The van der Waals surface area contributed by atoms with Crippen LogP contribution in [0.3, 0.4) is 0 Å². The molecule has 2 aromatic rings. The molecular formula is C9H10BrN3O. The van der Waals surface area contributed by atoms with Gasteiger partial charge in [-0.1, -0.05) is 0 Å². The second kappa shape index (κ2) is 3.03. The van der Waals surface area contributed by atoms with Crippen LogP contribution in [0.25, 0.3) is 5.65 Å². The zero-order valence-corrected chi connectivity index (χ0v) is 9.48. The molecule has 0 aliphatic heterocycles. The number of hydrogen-bond donors (Lipinski definition) is 1. The largest absolute Gasteiger partial charge is 0.382 e. The van der Waals surface area contributed by atoms with Crippen molar-refractivity contribution < 1.29 is 5.11 Å². The van der Waals surface area contributed by atoms with E-state index in [1.165, 1.54) is 0 Å². The zero-order chi connectivity index (χ0) is 10.3. The highest BCUT2D eigenvalue weighted by molar-refractivity contribution is 9.10. The van der Waals surface area contributed by atoms with Crippen molar-refractivity contribution >= 4 is 21.6 Å². The Labute approximate surface area is 89.7 Å². The molecule has 0 radical (unpaired) electrons. The molecule has 2 heterocycles. The first-order valence-corrected chi connectivity index (χ1v) is 5.01. The Morgan fingerprint density at radius 3 is 2.79 bits per heavy atom. The maximum Gasteiger partial charge on any atom is 0.182 e. The molecule has 2 rings (SSSR count). The number of nitrogens with zero attached hydrogens (tertiary/aromatic N) is 3. The van der Waals surface area contributed by atoms with Crippen LogP contribution in [0.4, 0.5) is 0 Å². The number of rotatable bonds is 1. The molecule has 0 atom stereocenters. The van der Waals surface area contributed by atoms with Gasteiger partial charge in [0.1, 0.15) is 5.60 Å². The van der Waals surface area contributed by atoms with Crippen molar-refractivity contribution in [3.05, 3.63) is 28.6 Å². The fourth-order valence-electron chi connectivity index (χ4n) is 1.12. The van der Waals surface area contributed by atoms with Gasteiger partial charge in [0.2, 0.25) is 0 Å². The summed E-state index contributed by atoms with van der Waals surface area (Å²) in [5, 5.41) is 13.9. The highest BCUT2D eigenvalue weighted by atomic mass is 79.9. The Morgan fingerprint density at radius 2 is 2.14 bits per heavy atom. The van der Waals surface area contributed by atoms with E-state index < -0.39 is 5.60 Å². The highest BCUT2D eigenvalue weighted by Crippen LogP contribution is 2.17. The molecule has 0 aliphatic rings. The molecule has 0 aliphatic carbocycles. The lowest BCUT2D eigenvalue weighted by Gasteiger charge is -2.10. The van der Waals surface area contributed by atoms with Crippen molar-refractivity contribution in [3.8, 4) is 0 Å². The minimum atomic E-state index is -1.00. The highest BCUT2D eigenvalue weighted by Gasteiger charge is 2.21. The molecule has 0 spiro atoms. The van der Waals surface area contributed by atoms with Gasteiger partial charge in [-0.3, -0.25) is 0 Å². The molecule has 5 heteroatoms. The van der Waals surface area contributed by atoms with Gasteiger partial charge in [-0.2, -0.15) is 0 Å². The number of hydrogen-bond acceptors (Lipinski definition) is 3. The third-order valence-corrected chi connectivity index (χ3v) is 2.31. The molecule has 1 N–H and O–H groups in total. The van der Waals surface area contributed by atoms with E-state index in [1.807, 2.05) is 12.1 Å². The van der Waals surface area contributed by atoms with E-state index in [0.717, 1.165) is 10.1 Å². The van der Waals surface area contributed by atoms with Gasteiger partial charge in [0, 0.05) is 10.7 Å². The van der Waals surface area contributed by atoms with Gasteiger partial charge in [-0.25, -0.2) is 9.50 Å².